The van der Waals surface area contributed by atoms with Crippen LogP contribution in [0.4, 0.5) is 15.8 Å². The first-order valence-electron chi connectivity index (χ1n) is 7.15. The molecule has 0 aromatic heterocycles. The van der Waals surface area contributed by atoms with Gasteiger partial charge in [-0.05, 0) is 49.4 Å². The van der Waals surface area contributed by atoms with Crippen LogP contribution in [0.15, 0.2) is 48.5 Å². The maximum absolute atomic E-state index is 12.8. The Kier molecular flexibility index (Phi) is 5.68. The number of ether oxygens (including phenoxy) is 1. The number of anilines is 2. The molecular weight excluding hydrogens is 299 g/mol. The lowest BCUT2D eigenvalue weighted by Crippen LogP contribution is -2.21. The lowest BCUT2D eigenvalue weighted by Gasteiger charge is -2.09. The third-order valence-electron chi connectivity index (χ3n) is 2.95. The largest absolute Gasteiger partial charge is 0.462 e. The van der Waals surface area contributed by atoms with Gasteiger partial charge >= 0.3 is 5.97 Å². The molecule has 0 aliphatic heterocycles. The highest BCUT2D eigenvalue weighted by Crippen LogP contribution is 2.12. The van der Waals surface area contributed by atoms with Gasteiger partial charge in [-0.1, -0.05) is 6.07 Å². The minimum atomic E-state index is -0.437. The second kappa shape index (κ2) is 7.93. The number of carbonyl (C=O) groups is 2. The van der Waals surface area contributed by atoms with Gasteiger partial charge in [-0.3, -0.25) is 4.79 Å². The number of hydrogen-bond acceptors (Lipinski definition) is 4. The molecule has 0 fully saturated rings. The number of esters is 1. The molecule has 120 valence electrons. The van der Waals surface area contributed by atoms with E-state index in [0.29, 0.717) is 16.9 Å². The molecule has 2 aromatic carbocycles. The molecule has 2 N–H and O–H groups in total. The summed E-state index contributed by atoms with van der Waals surface area (Å²) in [6.45, 7) is 2.04. The predicted octanol–water partition coefficient (Wildman–Crippen LogP) is 3.05. The number of halogens is 1. The predicted molar refractivity (Wildman–Crippen MR) is 85.9 cm³/mol. The van der Waals surface area contributed by atoms with Gasteiger partial charge in [0.25, 0.3) is 0 Å². The van der Waals surface area contributed by atoms with Crippen molar-refractivity contribution in [2.24, 2.45) is 0 Å². The van der Waals surface area contributed by atoms with Crippen LogP contribution in [0, 0.1) is 5.82 Å². The standard InChI is InChI=1S/C17H17FN2O3/c1-2-23-17(22)12-4-3-5-15(10-12)20-16(21)11-19-14-8-6-13(18)7-9-14/h3-10,19H,2,11H2,1H3,(H,20,21). The van der Waals surface area contributed by atoms with Crippen molar-refractivity contribution < 1.29 is 18.7 Å². The summed E-state index contributed by atoms with van der Waals surface area (Å²) in [7, 11) is 0. The molecule has 0 radical (unpaired) electrons. The normalized spacial score (nSPS) is 10.0. The van der Waals surface area contributed by atoms with Crippen LogP contribution in [-0.4, -0.2) is 25.0 Å². The summed E-state index contributed by atoms with van der Waals surface area (Å²) >= 11 is 0. The van der Waals surface area contributed by atoms with E-state index in [9.17, 15) is 14.0 Å². The molecule has 6 heteroatoms. The Labute approximate surface area is 133 Å². The van der Waals surface area contributed by atoms with E-state index < -0.39 is 5.97 Å². The minimum Gasteiger partial charge on any atom is -0.462 e. The summed E-state index contributed by atoms with van der Waals surface area (Å²) in [5.74, 6) is -1.06. The molecule has 0 spiro atoms. The maximum Gasteiger partial charge on any atom is 0.338 e. The molecule has 0 bridgehead atoms. The average Bonchev–Trinajstić information content (AvgIpc) is 2.55. The second-order valence-corrected chi connectivity index (χ2v) is 4.71. The zero-order chi connectivity index (χ0) is 16.7. The van der Waals surface area contributed by atoms with E-state index in [1.165, 1.54) is 12.1 Å². The van der Waals surface area contributed by atoms with Gasteiger partial charge < -0.3 is 15.4 Å². The number of nitrogens with one attached hydrogen (secondary N) is 2. The van der Waals surface area contributed by atoms with Crippen molar-refractivity contribution in [3.63, 3.8) is 0 Å². The third kappa shape index (κ3) is 5.10. The summed E-state index contributed by atoms with van der Waals surface area (Å²) in [5.41, 5.74) is 1.51. The Hall–Kier alpha value is -2.89. The molecule has 0 aliphatic carbocycles. The van der Waals surface area contributed by atoms with Crippen LogP contribution in [0.25, 0.3) is 0 Å². The van der Waals surface area contributed by atoms with Crippen molar-refractivity contribution in [1.82, 2.24) is 0 Å². The molecular formula is C17H17FN2O3. The molecule has 1 amide bonds. The smallest absolute Gasteiger partial charge is 0.338 e. The van der Waals surface area contributed by atoms with Crippen molar-refractivity contribution in [3.05, 3.63) is 59.9 Å². The molecule has 23 heavy (non-hydrogen) atoms. The fourth-order valence-electron chi connectivity index (χ4n) is 1.89. The fourth-order valence-corrected chi connectivity index (χ4v) is 1.89. The van der Waals surface area contributed by atoms with Crippen LogP contribution >= 0.6 is 0 Å². The zero-order valence-electron chi connectivity index (χ0n) is 12.6. The van der Waals surface area contributed by atoms with Gasteiger partial charge in [-0.25, -0.2) is 9.18 Å². The van der Waals surface area contributed by atoms with Gasteiger partial charge in [0.05, 0.1) is 18.7 Å². The summed E-state index contributed by atoms with van der Waals surface area (Å²) in [6, 6.07) is 12.2. The summed E-state index contributed by atoms with van der Waals surface area (Å²) < 4.78 is 17.7. The van der Waals surface area contributed by atoms with Crippen LogP contribution in [0.3, 0.4) is 0 Å². The van der Waals surface area contributed by atoms with E-state index in [-0.39, 0.29) is 24.9 Å². The van der Waals surface area contributed by atoms with E-state index in [1.54, 1.807) is 43.3 Å². The van der Waals surface area contributed by atoms with Gasteiger partial charge in [-0.15, -0.1) is 0 Å². The highest BCUT2D eigenvalue weighted by Gasteiger charge is 2.08. The average molecular weight is 316 g/mol. The van der Waals surface area contributed by atoms with Gasteiger partial charge in [0, 0.05) is 11.4 Å². The first kappa shape index (κ1) is 16.5. The van der Waals surface area contributed by atoms with Crippen molar-refractivity contribution in [2.45, 2.75) is 6.92 Å². The van der Waals surface area contributed by atoms with Gasteiger partial charge in [-0.2, -0.15) is 0 Å². The molecule has 0 saturated heterocycles. The van der Waals surface area contributed by atoms with Gasteiger partial charge in [0.15, 0.2) is 0 Å². The SMILES string of the molecule is CCOC(=O)c1cccc(NC(=O)CNc2ccc(F)cc2)c1. The van der Waals surface area contributed by atoms with Gasteiger partial charge in [0.1, 0.15) is 5.82 Å². The number of benzene rings is 2. The monoisotopic (exact) mass is 316 g/mol. The third-order valence-corrected chi connectivity index (χ3v) is 2.95. The summed E-state index contributed by atoms with van der Waals surface area (Å²) in [5, 5.41) is 5.56. The molecule has 0 aliphatic rings. The number of carbonyl (C=O) groups excluding carboxylic acids is 2. The van der Waals surface area contributed by atoms with E-state index in [4.69, 9.17) is 4.74 Å². The number of rotatable bonds is 6. The molecule has 2 aromatic rings. The van der Waals surface area contributed by atoms with E-state index >= 15 is 0 Å². The quantitative estimate of drug-likeness (QED) is 0.804. The van der Waals surface area contributed by atoms with Crippen molar-refractivity contribution in [2.75, 3.05) is 23.8 Å². The fraction of sp³-hybridized carbons (Fsp3) is 0.176. The van der Waals surface area contributed by atoms with Crippen LogP contribution in [0.1, 0.15) is 17.3 Å². The van der Waals surface area contributed by atoms with Crippen molar-refractivity contribution >= 4 is 23.3 Å². The maximum atomic E-state index is 12.8. The van der Waals surface area contributed by atoms with E-state index in [1.807, 2.05) is 0 Å². The first-order chi connectivity index (χ1) is 11.1. The Morgan fingerprint density at radius 3 is 2.52 bits per heavy atom. The Morgan fingerprint density at radius 1 is 1.09 bits per heavy atom. The molecule has 0 heterocycles. The van der Waals surface area contributed by atoms with Gasteiger partial charge in [0.2, 0.25) is 5.91 Å². The number of amides is 1. The minimum absolute atomic E-state index is 0.0231. The van der Waals surface area contributed by atoms with Crippen molar-refractivity contribution in [3.8, 4) is 0 Å². The molecule has 0 saturated carbocycles. The topological polar surface area (TPSA) is 67.4 Å². The van der Waals surface area contributed by atoms with Crippen LogP contribution in [-0.2, 0) is 9.53 Å². The first-order valence-corrected chi connectivity index (χ1v) is 7.15. The van der Waals surface area contributed by atoms with Crippen LogP contribution in [0.2, 0.25) is 0 Å². The zero-order valence-corrected chi connectivity index (χ0v) is 12.6. The van der Waals surface area contributed by atoms with E-state index in [2.05, 4.69) is 10.6 Å². The molecule has 5 nitrogen and oxygen atoms in total. The summed E-state index contributed by atoms with van der Waals surface area (Å²) in [4.78, 5) is 23.5. The van der Waals surface area contributed by atoms with Crippen LogP contribution < -0.4 is 10.6 Å². The van der Waals surface area contributed by atoms with E-state index in [0.717, 1.165) is 0 Å². The lowest BCUT2D eigenvalue weighted by atomic mass is 10.2. The molecule has 0 atom stereocenters. The number of hydrogen-bond donors (Lipinski definition) is 2. The lowest BCUT2D eigenvalue weighted by molar-refractivity contribution is -0.114. The Bertz CT molecular complexity index is 686. The Morgan fingerprint density at radius 2 is 1.83 bits per heavy atom. The van der Waals surface area contributed by atoms with Crippen molar-refractivity contribution in [1.29, 1.82) is 0 Å². The van der Waals surface area contributed by atoms with Crippen LogP contribution in [0.5, 0.6) is 0 Å². The highest BCUT2D eigenvalue weighted by molar-refractivity contribution is 5.96. The Balaban J connectivity index is 1.91. The molecule has 0 unspecified atom stereocenters. The second-order valence-electron chi connectivity index (χ2n) is 4.71. The summed E-state index contributed by atoms with van der Waals surface area (Å²) in [6.07, 6.45) is 0. The highest BCUT2D eigenvalue weighted by atomic mass is 19.1. The molecule has 2 rings (SSSR count).